The molecular formula is C22H14Br2F30O. The van der Waals surface area contributed by atoms with E-state index in [2.05, 4.69) is 4.74 Å². The molecule has 2 atom stereocenters. The van der Waals surface area contributed by atoms with Crippen molar-refractivity contribution in [2.75, 3.05) is 0 Å². The van der Waals surface area contributed by atoms with Crippen molar-refractivity contribution < 1.29 is 136 Å². The summed E-state index contributed by atoms with van der Waals surface area (Å²) >= 11 is 1.97. The van der Waals surface area contributed by atoms with Crippen molar-refractivity contribution >= 4 is 31.9 Å². The molecule has 0 aromatic carbocycles. The Bertz CT molecular complexity index is 1280. The van der Waals surface area contributed by atoms with Crippen LogP contribution in [0.15, 0.2) is 0 Å². The Morgan fingerprint density at radius 1 is 0.255 bits per heavy atom. The second kappa shape index (κ2) is 13.7. The van der Waals surface area contributed by atoms with E-state index in [9.17, 15) is 114 Å². The molecule has 332 valence electrons. The van der Waals surface area contributed by atoms with Gasteiger partial charge < -0.3 is 4.74 Å². The van der Waals surface area contributed by atoms with Crippen LogP contribution in [0.25, 0.3) is 0 Å². The van der Waals surface area contributed by atoms with E-state index < -0.39 is 104 Å². The summed E-state index contributed by atoms with van der Waals surface area (Å²) in [6.45, 7) is -1.19. The van der Waals surface area contributed by atoms with E-state index in [1.54, 1.807) is 0 Å². The molecule has 0 aliphatic rings. The molecule has 0 radical (unpaired) electrons. The molecule has 0 aliphatic heterocycles. The molecule has 0 rings (SSSR count). The van der Waals surface area contributed by atoms with E-state index in [0.717, 1.165) is 31.9 Å². The van der Waals surface area contributed by atoms with Gasteiger partial charge in [-0.3, -0.25) is 0 Å². The van der Waals surface area contributed by atoms with Crippen LogP contribution in [0, 0.1) is 11.8 Å². The molecule has 0 N–H and O–H groups in total. The number of alkyl halides is 32. The zero-order valence-corrected chi connectivity index (χ0v) is 28.8. The Balaban J connectivity index is 8.01. The molecule has 0 aromatic heterocycles. The Labute approximate surface area is 300 Å². The third-order valence-corrected chi connectivity index (χ3v) is 10.4. The first-order chi connectivity index (χ1) is 23.1. The number of hydrogen-bond donors (Lipinski definition) is 0. The molecule has 0 aliphatic carbocycles. The lowest BCUT2D eigenvalue weighted by atomic mass is 9.84. The summed E-state index contributed by atoms with van der Waals surface area (Å²) in [5, 5.41) is 0. The van der Waals surface area contributed by atoms with Crippen molar-refractivity contribution in [3.8, 4) is 0 Å². The number of hydrogen-bond acceptors (Lipinski definition) is 1. The highest BCUT2D eigenvalue weighted by Gasteiger charge is 2.97. The molecular weight excluding hydrogens is 1010 g/mol. The average Bonchev–Trinajstić information content (AvgIpc) is 2.94. The zero-order valence-electron chi connectivity index (χ0n) is 25.7. The highest BCUT2D eigenvalue weighted by Crippen LogP contribution is 2.69. The van der Waals surface area contributed by atoms with E-state index in [-0.39, 0.29) is 27.7 Å². The largest absolute Gasteiger partial charge is 0.460 e. The molecule has 33 heteroatoms. The first-order valence-electron chi connectivity index (χ1n) is 12.8. The SMILES string of the molecule is CC(C)C(Br)(OC(Br)(C(C)C)C(F)(F)C(F)(F)C(F)(F)C(F)(F)C(F)(F)C(F)(F)C(F)(F)F)C(F)(F)C(F)(F)C(F)(F)C(F)(F)C(F)(F)C(F)(F)C(F)(F)F. The van der Waals surface area contributed by atoms with Gasteiger partial charge in [-0.05, 0) is 43.7 Å². The Morgan fingerprint density at radius 2 is 0.382 bits per heavy atom. The highest BCUT2D eigenvalue weighted by molar-refractivity contribution is 9.10. The molecule has 0 amide bonds. The summed E-state index contributed by atoms with van der Waals surface area (Å²) in [5.41, 5.74) is 0. The van der Waals surface area contributed by atoms with Crippen molar-refractivity contribution in [1.82, 2.24) is 0 Å². The Hall–Kier alpha value is -1.18. The molecule has 1 nitrogen and oxygen atoms in total. The topological polar surface area (TPSA) is 9.23 Å². The van der Waals surface area contributed by atoms with Crippen LogP contribution in [0.3, 0.4) is 0 Å². The van der Waals surface area contributed by atoms with Gasteiger partial charge in [0.1, 0.15) is 0 Å². The van der Waals surface area contributed by atoms with E-state index >= 15 is 17.6 Å². The lowest BCUT2D eigenvalue weighted by molar-refractivity contribution is -0.466. The molecule has 0 spiro atoms. The van der Waals surface area contributed by atoms with Crippen LogP contribution in [-0.2, 0) is 4.74 Å². The molecule has 0 saturated carbocycles. The van der Waals surface area contributed by atoms with Crippen molar-refractivity contribution in [2.24, 2.45) is 11.8 Å². The van der Waals surface area contributed by atoms with Crippen LogP contribution in [0.1, 0.15) is 27.7 Å². The summed E-state index contributed by atoms with van der Waals surface area (Å²) in [6.07, 6.45) is -16.2. The summed E-state index contributed by atoms with van der Waals surface area (Å²) in [6, 6.07) is 0. The number of ether oxygens (including phenoxy) is 1. The molecule has 0 heterocycles. The minimum atomic E-state index is -9.09. The average molecular weight is 1020 g/mol. The van der Waals surface area contributed by atoms with Crippen LogP contribution in [0.4, 0.5) is 132 Å². The third-order valence-electron chi connectivity index (χ3n) is 7.29. The van der Waals surface area contributed by atoms with Crippen LogP contribution in [0.5, 0.6) is 0 Å². The summed E-state index contributed by atoms with van der Waals surface area (Å²) in [7, 11) is 0. The fourth-order valence-electron chi connectivity index (χ4n) is 3.67. The van der Waals surface area contributed by atoms with Gasteiger partial charge in [-0.1, -0.05) is 27.7 Å². The van der Waals surface area contributed by atoms with E-state index in [4.69, 9.17) is 0 Å². The molecule has 0 aromatic rings. The smallest absolute Gasteiger partial charge is 0.332 e. The molecule has 2 unspecified atom stereocenters. The van der Waals surface area contributed by atoms with Crippen LogP contribution >= 0.6 is 31.9 Å². The molecule has 0 bridgehead atoms. The zero-order chi connectivity index (χ0) is 45.9. The highest BCUT2D eigenvalue weighted by atomic mass is 79.9. The van der Waals surface area contributed by atoms with Gasteiger partial charge in [-0.15, -0.1) is 0 Å². The first kappa shape index (κ1) is 53.8. The minimum absolute atomic E-state index is 0.298. The second-order valence-corrected chi connectivity index (χ2v) is 13.9. The Morgan fingerprint density at radius 3 is 0.509 bits per heavy atom. The number of halogens is 32. The minimum Gasteiger partial charge on any atom is -0.332 e. The van der Waals surface area contributed by atoms with Crippen LogP contribution in [0.2, 0.25) is 0 Å². The van der Waals surface area contributed by atoms with E-state index in [1.165, 1.54) is 0 Å². The maximum Gasteiger partial charge on any atom is 0.460 e. The van der Waals surface area contributed by atoms with Crippen molar-refractivity contribution in [3.05, 3.63) is 0 Å². The standard InChI is InChI=1S/C22H14Br2F30O/c1-5(2)7(23,9(25,26)11(29,30)13(33,34)15(37,38)17(41,42)19(45,46)21(49,50)51)55-8(24,6(3)4)10(27,28)12(31,32)14(35,36)16(39,40)18(43,44)20(47,48)22(52,53)54/h5-6H,1-4H3. The van der Waals surface area contributed by atoms with Crippen LogP contribution in [-0.4, -0.2) is 92.4 Å². The first-order valence-corrected chi connectivity index (χ1v) is 14.4. The van der Waals surface area contributed by atoms with Crippen molar-refractivity contribution in [1.29, 1.82) is 0 Å². The van der Waals surface area contributed by atoms with Gasteiger partial charge in [0.2, 0.25) is 0 Å². The lowest BCUT2D eigenvalue weighted by Gasteiger charge is -2.52. The predicted molar refractivity (Wildman–Crippen MR) is 126 cm³/mol. The Kier molecular flexibility index (Phi) is 13.4. The maximum atomic E-state index is 15.3. The van der Waals surface area contributed by atoms with E-state index in [0.29, 0.717) is 0 Å². The maximum absolute atomic E-state index is 15.3. The molecule has 0 fully saturated rings. The van der Waals surface area contributed by atoms with Crippen LogP contribution < -0.4 is 0 Å². The summed E-state index contributed by atoms with van der Waals surface area (Å²) in [4.78, 5) is 0. The second-order valence-electron chi connectivity index (χ2n) is 11.6. The molecule has 0 saturated heterocycles. The van der Waals surface area contributed by atoms with Gasteiger partial charge in [-0.2, -0.15) is 132 Å². The normalized spacial score (nSPS) is 18.9. The fourth-order valence-corrected chi connectivity index (χ4v) is 4.89. The molecule has 55 heavy (non-hydrogen) atoms. The number of rotatable bonds is 16. The summed E-state index contributed by atoms with van der Waals surface area (Å²) < 4.78 is 407. The third kappa shape index (κ3) is 6.69. The van der Waals surface area contributed by atoms with E-state index in [1.807, 2.05) is 0 Å². The predicted octanol–water partition coefficient (Wildman–Crippen LogP) is 13.2. The van der Waals surface area contributed by atoms with Crippen molar-refractivity contribution in [3.63, 3.8) is 0 Å². The summed E-state index contributed by atoms with van der Waals surface area (Å²) in [5.74, 6) is -112. The van der Waals surface area contributed by atoms with Gasteiger partial charge in [0.25, 0.3) is 0 Å². The van der Waals surface area contributed by atoms with Gasteiger partial charge in [0.15, 0.2) is 9.02 Å². The van der Waals surface area contributed by atoms with Crippen molar-refractivity contribution in [2.45, 2.75) is 120 Å². The quantitative estimate of drug-likeness (QED) is 0.111. The lowest BCUT2D eigenvalue weighted by Crippen LogP contribution is -2.77. The fraction of sp³-hybridized carbons (Fsp3) is 1.00. The monoisotopic (exact) mass is 1020 g/mol. The van der Waals surface area contributed by atoms with Gasteiger partial charge >= 0.3 is 83.4 Å². The van der Waals surface area contributed by atoms with Gasteiger partial charge in [0.05, 0.1) is 0 Å². The van der Waals surface area contributed by atoms with Gasteiger partial charge in [0, 0.05) is 0 Å². The van der Waals surface area contributed by atoms with Gasteiger partial charge in [-0.25, -0.2) is 0 Å².